The highest BCUT2D eigenvalue weighted by atomic mass is 127. The quantitative estimate of drug-likeness (QED) is 0.499. The van der Waals surface area contributed by atoms with Gasteiger partial charge in [-0.15, -0.1) is 0 Å². The van der Waals surface area contributed by atoms with Gasteiger partial charge in [-0.1, -0.05) is 6.07 Å². The minimum Gasteiger partial charge on any atom is -0.491 e. The topological polar surface area (TPSA) is 59.6 Å². The van der Waals surface area contributed by atoms with Crippen molar-refractivity contribution < 1.29 is 14.3 Å². The molecule has 0 aliphatic carbocycles. The third kappa shape index (κ3) is 5.65. The molecule has 1 fully saturated rings. The standard InChI is InChI=1S/C19H19IN2O3S/c20-14-4-1-3-13(11-14)18(23)22-19(26)21-15-6-8-16(9-7-15)25-12-17-5-2-10-24-17/h1,3-4,6-9,11,17H,2,5,10,12H2,(H2,21,22,23,26). The van der Waals surface area contributed by atoms with Crippen molar-refractivity contribution in [1.29, 1.82) is 0 Å². The van der Waals surface area contributed by atoms with Crippen molar-refractivity contribution in [3.8, 4) is 5.75 Å². The van der Waals surface area contributed by atoms with Crippen LogP contribution in [-0.2, 0) is 4.74 Å². The van der Waals surface area contributed by atoms with Crippen molar-refractivity contribution in [2.75, 3.05) is 18.5 Å². The van der Waals surface area contributed by atoms with E-state index in [1.54, 1.807) is 12.1 Å². The molecule has 7 heteroatoms. The van der Waals surface area contributed by atoms with Gasteiger partial charge in [0.15, 0.2) is 5.11 Å². The van der Waals surface area contributed by atoms with Gasteiger partial charge in [0.05, 0.1) is 6.10 Å². The lowest BCUT2D eigenvalue weighted by molar-refractivity contribution is 0.0679. The van der Waals surface area contributed by atoms with E-state index in [2.05, 4.69) is 33.2 Å². The highest BCUT2D eigenvalue weighted by molar-refractivity contribution is 14.1. The van der Waals surface area contributed by atoms with E-state index < -0.39 is 0 Å². The normalized spacial score (nSPS) is 16.1. The van der Waals surface area contributed by atoms with Gasteiger partial charge < -0.3 is 14.8 Å². The maximum atomic E-state index is 12.2. The molecule has 0 aromatic heterocycles. The molecule has 3 rings (SSSR count). The lowest BCUT2D eigenvalue weighted by Crippen LogP contribution is -2.34. The van der Waals surface area contributed by atoms with Crippen LogP contribution in [0.25, 0.3) is 0 Å². The number of thiocarbonyl (C=S) groups is 1. The highest BCUT2D eigenvalue weighted by Gasteiger charge is 2.16. The number of ether oxygens (including phenoxy) is 2. The Morgan fingerprint density at radius 2 is 2.08 bits per heavy atom. The molecule has 136 valence electrons. The largest absolute Gasteiger partial charge is 0.491 e. The number of amides is 1. The fraction of sp³-hybridized carbons (Fsp3) is 0.263. The third-order valence-corrected chi connectivity index (χ3v) is 4.76. The van der Waals surface area contributed by atoms with E-state index in [1.807, 2.05) is 36.4 Å². The molecule has 1 amide bonds. The van der Waals surface area contributed by atoms with E-state index in [9.17, 15) is 4.79 Å². The molecule has 0 spiro atoms. The van der Waals surface area contributed by atoms with E-state index in [1.165, 1.54) is 0 Å². The van der Waals surface area contributed by atoms with Gasteiger partial charge in [-0.3, -0.25) is 10.1 Å². The number of nitrogens with one attached hydrogen (secondary N) is 2. The summed E-state index contributed by atoms with van der Waals surface area (Å²) in [5, 5.41) is 5.93. The van der Waals surface area contributed by atoms with Crippen LogP contribution in [0.1, 0.15) is 23.2 Å². The van der Waals surface area contributed by atoms with Crippen LogP contribution in [0.4, 0.5) is 5.69 Å². The lowest BCUT2D eigenvalue weighted by Gasteiger charge is -2.13. The average molecular weight is 482 g/mol. The molecule has 1 saturated heterocycles. The number of carbonyl (C=O) groups is 1. The fourth-order valence-electron chi connectivity index (χ4n) is 2.57. The molecular formula is C19H19IN2O3S. The SMILES string of the molecule is O=C(NC(=S)Nc1ccc(OCC2CCCO2)cc1)c1cccc(I)c1. The zero-order valence-corrected chi connectivity index (χ0v) is 17.0. The zero-order valence-electron chi connectivity index (χ0n) is 14.0. The summed E-state index contributed by atoms with van der Waals surface area (Å²) in [5.74, 6) is 0.539. The number of hydrogen-bond acceptors (Lipinski definition) is 4. The predicted octanol–water partition coefficient (Wildman–Crippen LogP) is 3.98. The summed E-state index contributed by atoms with van der Waals surface area (Å²) >= 11 is 7.37. The minimum absolute atomic E-state index is 0.191. The summed E-state index contributed by atoms with van der Waals surface area (Å²) in [6.07, 6.45) is 2.34. The molecular weight excluding hydrogens is 463 g/mol. The first-order chi connectivity index (χ1) is 12.6. The molecule has 0 saturated carbocycles. The Morgan fingerprint density at radius 3 is 2.77 bits per heavy atom. The number of hydrogen-bond donors (Lipinski definition) is 2. The van der Waals surface area contributed by atoms with Gasteiger partial charge in [0.25, 0.3) is 5.91 Å². The smallest absolute Gasteiger partial charge is 0.257 e. The van der Waals surface area contributed by atoms with Crippen LogP contribution in [0.3, 0.4) is 0 Å². The molecule has 0 radical (unpaired) electrons. The number of benzene rings is 2. The maximum absolute atomic E-state index is 12.2. The van der Waals surface area contributed by atoms with Crippen LogP contribution in [0, 0.1) is 3.57 Å². The second-order valence-electron chi connectivity index (χ2n) is 5.89. The van der Waals surface area contributed by atoms with Gasteiger partial charge >= 0.3 is 0 Å². The average Bonchev–Trinajstić information content (AvgIpc) is 3.14. The van der Waals surface area contributed by atoms with Crippen molar-refractivity contribution in [2.24, 2.45) is 0 Å². The zero-order chi connectivity index (χ0) is 18.4. The van der Waals surface area contributed by atoms with Gasteiger partial charge in [-0.2, -0.15) is 0 Å². The molecule has 2 N–H and O–H groups in total. The Labute approximate surface area is 171 Å². The van der Waals surface area contributed by atoms with Crippen LogP contribution < -0.4 is 15.4 Å². The maximum Gasteiger partial charge on any atom is 0.257 e. The summed E-state index contributed by atoms with van der Waals surface area (Å²) in [6, 6.07) is 14.8. The first-order valence-electron chi connectivity index (χ1n) is 8.32. The van der Waals surface area contributed by atoms with Gasteiger partial charge in [0.1, 0.15) is 12.4 Å². The predicted molar refractivity (Wildman–Crippen MR) is 114 cm³/mol. The summed E-state index contributed by atoms with van der Waals surface area (Å²) in [7, 11) is 0. The van der Waals surface area contributed by atoms with Gasteiger partial charge in [-0.05, 0) is 90.1 Å². The van der Waals surface area contributed by atoms with E-state index in [0.717, 1.165) is 34.5 Å². The molecule has 1 unspecified atom stereocenters. The first kappa shape index (κ1) is 19.1. The number of rotatable bonds is 5. The Kier molecular flexibility index (Phi) is 6.81. The summed E-state index contributed by atoms with van der Waals surface area (Å²) in [6.45, 7) is 1.39. The van der Waals surface area contributed by atoms with Crippen molar-refractivity contribution in [2.45, 2.75) is 18.9 Å². The summed E-state index contributed by atoms with van der Waals surface area (Å²) in [4.78, 5) is 12.2. The Bertz CT molecular complexity index is 777. The van der Waals surface area contributed by atoms with Crippen LogP contribution in [0.2, 0.25) is 0 Å². The number of halogens is 1. The third-order valence-electron chi connectivity index (χ3n) is 3.89. The molecule has 2 aromatic rings. The molecule has 2 aromatic carbocycles. The summed E-state index contributed by atoms with van der Waals surface area (Å²) in [5.41, 5.74) is 1.35. The Morgan fingerprint density at radius 1 is 1.27 bits per heavy atom. The molecule has 26 heavy (non-hydrogen) atoms. The lowest BCUT2D eigenvalue weighted by atomic mass is 10.2. The minimum atomic E-state index is -0.238. The number of anilines is 1. The van der Waals surface area contributed by atoms with Crippen LogP contribution in [-0.4, -0.2) is 30.3 Å². The van der Waals surface area contributed by atoms with Crippen molar-refractivity contribution in [1.82, 2.24) is 5.32 Å². The molecule has 0 bridgehead atoms. The van der Waals surface area contributed by atoms with Gasteiger partial charge in [-0.25, -0.2) is 0 Å². The first-order valence-corrected chi connectivity index (χ1v) is 9.81. The van der Waals surface area contributed by atoms with E-state index >= 15 is 0 Å². The molecule has 1 atom stereocenters. The van der Waals surface area contributed by atoms with Crippen LogP contribution in [0.5, 0.6) is 5.75 Å². The number of carbonyl (C=O) groups excluding carboxylic acids is 1. The van der Waals surface area contributed by atoms with E-state index in [0.29, 0.717) is 12.2 Å². The van der Waals surface area contributed by atoms with E-state index in [-0.39, 0.29) is 17.1 Å². The molecule has 1 heterocycles. The highest BCUT2D eigenvalue weighted by Crippen LogP contribution is 2.18. The van der Waals surface area contributed by atoms with Crippen LogP contribution >= 0.6 is 34.8 Å². The van der Waals surface area contributed by atoms with Gasteiger partial charge in [0, 0.05) is 21.4 Å². The van der Waals surface area contributed by atoms with Gasteiger partial charge in [0.2, 0.25) is 0 Å². The van der Waals surface area contributed by atoms with Crippen LogP contribution in [0.15, 0.2) is 48.5 Å². The van der Waals surface area contributed by atoms with E-state index in [4.69, 9.17) is 21.7 Å². The van der Waals surface area contributed by atoms with Crippen molar-refractivity contribution in [3.05, 3.63) is 57.7 Å². The van der Waals surface area contributed by atoms with Crippen molar-refractivity contribution in [3.63, 3.8) is 0 Å². The monoisotopic (exact) mass is 482 g/mol. The summed E-state index contributed by atoms with van der Waals surface area (Å²) < 4.78 is 12.3. The molecule has 1 aliphatic heterocycles. The molecule has 1 aliphatic rings. The van der Waals surface area contributed by atoms with Crippen molar-refractivity contribution >= 4 is 51.5 Å². The second-order valence-corrected chi connectivity index (χ2v) is 7.54. The Balaban J connectivity index is 1.48. The fourth-order valence-corrected chi connectivity index (χ4v) is 3.32. The molecule has 5 nitrogen and oxygen atoms in total. The Hall–Kier alpha value is -1.71. The second kappa shape index (κ2) is 9.29.